The number of amides is 1. The molecule has 1 atom stereocenters. The highest BCUT2D eigenvalue weighted by atomic mass is 35.5. The summed E-state index contributed by atoms with van der Waals surface area (Å²) in [5, 5.41) is 11.5. The van der Waals surface area contributed by atoms with Gasteiger partial charge in [-0.3, -0.25) is 9.59 Å². The molecule has 1 heterocycles. The van der Waals surface area contributed by atoms with Gasteiger partial charge in [0, 0.05) is 18.7 Å². The third kappa shape index (κ3) is 4.24. The van der Waals surface area contributed by atoms with Gasteiger partial charge in [-0.2, -0.15) is 0 Å². The van der Waals surface area contributed by atoms with Gasteiger partial charge in [0.25, 0.3) is 11.7 Å². The van der Waals surface area contributed by atoms with E-state index in [2.05, 4.69) is 0 Å². The van der Waals surface area contributed by atoms with E-state index in [-0.39, 0.29) is 30.0 Å². The van der Waals surface area contributed by atoms with Crippen molar-refractivity contribution in [2.45, 2.75) is 6.04 Å². The summed E-state index contributed by atoms with van der Waals surface area (Å²) >= 11 is 6.11. The summed E-state index contributed by atoms with van der Waals surface area (Å²) in [6, 6.07) is 8.81. The lowest BCUT2D eigenvalue weighted by Gasteiger charge is -2.25. The lowest BCUT2D eigenvalue weighted by atomic mass is 9.94. The Balaban J connectivity index is 2.25. The second-order valence-corrected chi connectivity index (χ2v) is 7.38. The van der Waals surface area contributed by atoms with Crippen molar-refractivity contribution < 1.29 is 33.6 Å². The number of likely N-dealkylation sites (tertiary alicyclic amines) is 1. The van der Waals surface area contributed by atoms with Crippen molar-refractivity contribution in [2.24, 2.45) is 0 Å². The van der Waals surface area contributed by atoms with Gasteiger partial charge in [0.05, 0.1) is 45.1 Å². The van der Waals surface area contributed by atoms with E-state index in [1.54, 1.807) is 30.3 Å². The SMILES string of the molecule is COCCN1C(=O)C(=O)/C(=C(/O)c2cc(Cl)ccc2OC)C1c1ccc(OC)c(OC)c1. The first-order chi connectivity index (χ1) is 15.4. The molecule has 1 saturated heterocycles. The molecule has 170 valence electrons. The summed E-state index contributed by atoms with van der Waals surface area (Å²) in [6.45, 7) is 0.348. The first-order valence-corrected chi connectivity index (χ1v) is 10.1. The molecule has 1 unspecified atom stereocenters. The fourth-order valence-corrected chi connectivity index (χ4v) is 3.85. The maximum Gasteiger partial charge on any atom is 0.295 e. The number of ketones is 1. The number of nitrogens with zero attached hydrogens (tertiary/aromatic N) is 1. The predicted molar refractivity (Wildman–Crippen MR) is 118 cm³/mol. The van der Waals surface area contributed by atoms with E-state index in [0.29, 0.717) is 27.8 Å². The number of Topliss-reactive ketones (excluding diaryl/α,β-unsaturated/α-hetero) is 1. The van der Waals surface area contributed by atoms with Crippen molar-refractivity contribution in [3.05, 3.63) is 58.1 Å². The number of halogens is 1. The molecule has 8 nitrogen and oxygen atoms in total. The number of carbonyl (C=O) groups excluding carboxylic acids is 2. The summed E-state index contributed by atoms with van der Waals surface area (Å²) in [6.07, 6.45) is 0. The molecule has 0 spiro atoms. The third-order valence-electron chi connectivity index (χ3n) is 5.22. The van der Waals surface area contributed by atoms with Crippen LogP contribution in [0.3, 0.4) is 0 Å². The van der Waals surface area contributed by atoms with Gasteiger partial charge >= 0.3 is 0 Å². The quantitative estimate of drug-likeness (QED) is 0.365. The Bertz CT molecular complexity index is 1070. The number of methoxy groups -OCH3 is 4. The van der Waals surface area contributed by atoms with E-state index in [9.17, 15) is 14.7 Å². The molecule has 9 heteroatoms. The van der Waals surface area contributed by atoms with Crippen LogP contribution >= 0.6 is 11.6 Å². The summed E-state index contributed by atoms with van der Waals surface area (Å²) in [5.74, 6) is -0.738. The van der Waals surface area contributed by atoms with Crippen LogP contribution < -0.4 is 14.2 Å². The minimum absolute atomic E-state index is 0.0844. The zero-order chi connectivity index (χ0) is 23.4. The molecule has 1 fully saturated rings. The Hall–Kier alpha value is -3.23. The number of hydrogen-bond donors (Lipinski definition) is 1. The minimum atomic E-state index is -0.881. The van der Waals surface area contributed by atoms with E-state index in [1.165, 1.54) is 39.4 Å². The second kappa shape index (κ2) is 9.93. The maximum absolute atomic E-state index is 13.1. The maximum atomic E-state index is 13.1. The van der Waals surface area contributed by atoms with Crippen LogP contribution in [-0.4, -0.2) is 63.3 Å². The molecular weight excluding hydrogens is 438 g/mol. The third-order valence-corrected chi connectivity index (χ3v) is 5.45. The van der Waals surface area contributed by atoms with Gasteiger partial charge in [-0.05, 0) is 35.9 Å². The molecule has 0 aromatic heterocycles. The van der Waals surface area contributed by atoms with Crippen molar-refractivity contribution in [2.75, 3.05) is 41.6 Å². The van der Waals surface area contributed by atoms with Crippen molar-refractivity contribution in [3.8, 4) is 17.2 Å². The van der Waals surface area contributed by atoms with Crippen molar-refractivity contribution >= 4 is 29.1 Å². The van der Waals surface area contributed by atoms with Crippen LogP contribution in [0, 0.1) is 0 Å². The van der Waals surface area contributed by atoms with Crippen molar-refractivity contribution in [3.63, 3.8) is 0 Å². The number of benzene rings is 2. The Labute approximate surface area is 190 Å². The van der Waals surface area contributed by atoms with Crippen LogP contribution in [0.15, 0.2) is 42.0 Å². The predicted octanol–water partition coefficient (Wildman–Crippen LogP) is 3.43. The molecule has 32 heavy (non-hydrogen) atoms. The molecule has 0 bridgehead atoms. The Morgan fingerprint density at radius 1 is 0.969 bits per heavy atom. The highest BCUT2D eigenvalue weighted by molar-refractivity contribution is 6.46. The van der Waals surface area contributed by atoms with Crippen molar-refractivity contribution in [1.82, 2.24) is 4.90 Å². The first-order valence-electron chi connectivity index (χ1n) is 9.71. The zero-order valence-corrected chi connectivity index (χ0v) is 18.9. The highest BCUT2D eigenvalue weighted by Crippen LogP contribution is 2.43. The van der Waals surface area contributed by atoms with Crippen molar-refractivity contribution in [1.29, 1.82) is 0 Å². The van der Waals surface area contributed by atoms with Crippen LogP contribution in [0.4, 0.5) is 0 Å². The van der Waals surface area contributed by atoms with Crippen LogP contribution in [0.5, 0.6) is 17.2 Å². The van der Waals surface area contributed by atoms with Gasteiger partial charge in [-0.25, -0.2) is 0 Å². The lowest BCUT2D eigenvalue weighted by molar-refractivity contribution is -0.140. The zero-order valence-electron chi connectivity index (χ0n) is 18.2. The summed E-state index contributed by atoms with van der Waals surface area (Å²) in [7, 11) is 5.93. The van der Waals surface area contributed by atoms with Crippen LogP contribution in [0.1, 0.15) is 17.2 Å². The monoisotopic (exact) mass is 461 g/mol. The molecule has 1 aliphatic rings. The fourth-order valence-electron chi connectivity index (χ4n) is 3.68. The van der Waals surface area contributed by atoms with E-state index in [4.69, 9.17) is 30.5 Å². The smallest absolute Gasteiger partial charge is 0.295 e. The van der Waals surface area contributed by atoms with E-state index in [0.717, 1.165) is 0 Å². The largest absolute Gasteiger partial charge is 0.507 e. The number of carbonyl (C=O) groups is 2. The number of ether oxygens (including phenoxy) is 4. The summed E-state index contributed by atoms with van der Waals surface area (Å²) in [5.41, 5.74) is 0.676. The van der Waals surface area contributed by atoms with Gasteiger partial charge in [0.2, 0.25) is 0 Å². The lowest BCUT2D eigenvalue weighted by Crippen LogP contribution is -2.32. The topological polar surface area (TPSA) is 94.5 Å². The highest BCUT2D eigenvalue weighted by Gasteiger charge is 2.46. The van der Waals surface area contributed by atoms with E-state index in [1.807, 2.05) is 0 Å². The molecule has 2 aromatic rings. The molecule has 3 rings (SSSR count). The molecular formula is C23H24ClNO7. The van der Waals surface area contributed by atoms with E-state index >= 15 is 0 Å². The van der Waals surface area contributed by atoms with Crippen LogP contribution in [0.2, 0.25) is 5.02 Å². The average Bonchev–Trinajstić information content (AvgIpc) is 3.06. The molecule has 0 saturated carbocycles. The second-order valence-electron chi connectivity index (χ2n) is 6.94. The van der Waals surface area contributed by atoms with E-state index < -0.39 is 17.7 Å². The normalized spacial score (nSPS) is 17.5. The average molecular weight is 462 g/mol. The molecule has 2 aromatic carbocycles. The standard InChI is InChI=1S/C23H24ClNO7/c1-29-10-9-25-20(13-5-7-17(31-3)18(11-13)32-4)19(22(27)23(25)28)21(26)15-12-14(24)6-8-16(15)30-2/h5-8,11-12,20,26H,9-10H2,1-4H3/b21-19+. The van der Waals surface area contributed by atoms with Crippen LogP contribution in [-0.2, 0) is 14.3 Å². The van der Waals surface area contributed by atoms with Gasteiger partial charge in [0.1, 0.15) is 11.5 Å². The number of aliphatic hydroxyl groups is 1. The molecule has 1 N–H and O–H groups in total. The number of rotatable bonds is 8. The Morgan fingerprint density at radius 2 is 1.62 bits per heavy atom. The van der Waals surface area contributed by atoms with Crippen LogP contribution in [0.25, 0.3) is 5.76 Å². The first kappa shape index (κ1) is 23.4. The molecule has 1 aliphatic heterocycles. The Morgan fingerprint density at radius 3 is 2.25 bits per heavy atom. The fraction of sp³-hybridized carbons (Fsp3) is 0.304. The van der Waals surface area contributed by atoms with Gasteiger partial charge in [-0.15, -0.1) is 0 Å². The molecule has 1 amide bonds. The molecule has 0 radical (unpaired) electrons. The summed E-state index contributed by atoms with van der Waals surface area (Å²) in [4.78, 5) is 27.3. The Kier molecular flexibility index (Phi) is 7.27. The molecule has 0 aliphatic carbocycles. The number of hydrogen-bond acceptors (Lipinski definition) is 7. The minimum Gasteiger partial charge on any atom is -0.507 e. The number of aliphatic hydroxyl groups excluding tert-OH is 1. The van der Waals surface area contributed by atoms with Gasteiger partial charge in [-0.1, -0.05) is 17.7 Å². The van der Waals surface area contributed by atoms with Gasteiger partial charge < -0.3 is 29.0 Å². The summed E-state index contributed by atoms with van der Waals surface area (Å²) < 4.78 is 21.1. The van der Waals surface area contributed by atoms with Gasteiger partial charge in [0.15, 0.2) is 11.5 Å².